The first kappa shape index (κ1) is 24.1. The van der Waals surface area contributed by atoms with Crippen molar-refractivity contribution >= 4 is 12.1 Å². The summed E-state index contributed by atoms with van der Waals surface area (Å²) in [5, 5.41) is 8.54. The predicted octanol–water partition coefficient (Wildman–Crippen LogP) is 4.30. The van der Waals surface area contributed by atoms with E-state index in [-0.39, 0.29) is 24.7 Å². The smallest absolute Gasteiger partial charge is 0.410 e. The number of esters is 1. The molecule has 0 saturated heterocycles. The largest absolute Gasteiger partial charge is 0.445 e. The second-order valence-electron chi connectivity index (χ2n) is 9.69. The summed E-state index contributed by atoms with van der Waals surface area (Å²) in [5.74, 6) is 0.467. The first-order valence-electron chi connectivity index (χ1n) is 12.5. The van der Waals surface area contributed by atoms with Crippen LogP contribution in [0.1, 0.15) is 60.8 Å². The van der Waals surface area contributed by atoms with Crippen LogP contribution in [-0.4, -0.2) is 46.4 Å². The van der Waals surface area contributed by atoms with E-state index < -0.39 is 0 Å². The number of hydrogen-bond acceptors (Lipinski definition) is 6. The van der Waals surface area contributed by atoms with Crippen molar-refractivity contribution in [2.24, 2.45) is 0 Å². The number of nitrogens with one attached hydrogen (secondary N) is 1. The highest BCUT2D eigenvalue weighted by Crippen LogP contribution is 2.35. The third-order valence-electron chi connectivity index (χ3n) is 6.82. The monoisotopic (exact) mass is 488 g/mol. The Morgan fingerprint density at radius 3 is 2.69 bits per heavy atom. The molecule has 1 atom stereocenters. The number of carbonyl (C=O) groups excluding carboxylic acids is 2. The zero-order valence-corrected chi connectivity index (χ0v) is 21.0. The van der Waals surface area contributed by atoms with Crippen LogP contribution < -0.4 is 10.1 Å². The van der Waals surface area contributed by atoms with Crippen molar-refractivity contribution in [1.29, 1.82) is 0 Å². The van der Waals surface area contributed by atoms with E-state index in [0.717, 1.165) is 46.7 Å². The molecule has 1 amide bonds. The maximum Gasteiger partial charge on any atom is 0.410 e. The number of nitrogens with zero attached hydrogens (tertiary/aromatic N) is 3. The van der Waals surface area contributed by atoms with E-state index in [2.05, 4.69) is 25.2 Å². The molecule has 0 fully saturated rings. The molecule has 1 N–H and O–H groups in total. The first-order valence-corrected chi connectivity index (χ1v) is 12.5. The van der Waals surface area contributed by atoms with Crippen LogP contribution in [0.25, 0.3) is 5.69 Å². The number of carbonyl (C=O) groups is 2. The topological polar surface area (TPSA) is 85.7 Å². The molecule has 3 aromatic rings. The minimum Gasteiger partial charge on any atom is -0.445 e. The summed E-state index contributed by atoms with van der Waals surface area (Å²) in [7, 11) is 0. The maximum atomic E-state index is 12.9. The molecule has 5 rings (SSSR count). The Kier molecular flexibility index (Phi) is 6.78. The molecular weight excluding hydrogens is 456 g/mol. The highest BCUT2D eigenvalue weighted by molar-refractivity contribution is 5.71. The molecule has 2 aliphatic heterocycles. The summed E-state index contributed by atoms with van der Waals surface area (Å²) >= 11 is 0. The molecule has 188 valence electrons. The van der Waals surface area contributed by atoms with E-state index in [1.54, 1.807) is 4.90 Å². The summed E-state index contributed by atoms with van der Waals surface area (Å²) in [6, 6.07) is 15.7. The Hall–Kier alpha value is -3.65. The number of amides is 1. The molecular formula is C28H32N4O4. The van der Waals surface area contributed by atoms with Gasteiger partial charge in [0.25, 0.3) is 0 Å². The molecule has 2 aromatic carbocycles. The van der Waals surface area contributed by atoms with Crippen molar-refractivity contribution in [1.82, 2.24) is 20.0 Å². The summed E-state index contributed by atoms with van der Waals surface area (Å²) in [5.41, 5.74) is 6.02. The van der Waals surface area contributed by atoms with Crippen LogP contribution in [0, 0.1) is 0 Å². The second-order valence-corrected chi connectivity index (χ2v) is 9.69. The van der Waals surface area contributed by atoms with Crippen LogP contribution >= 0.6 is 0 Å². The van der Waals surface area contributed by atoms with Crippen molar-refractivity contribution in [3.63, 3.8) is 0 Å². The number of benzene rings is 2. The number of hydrogen-bond donors (Lipinski definition) is 1. The number of rotatable bonds is 5. The summed E-state index contributed by atoms with van der Waals surface area (Å²) < 4.78 is 13.2. The van der Waals surface area contributed by atoms with Crippen LogP contribution in [-0.2, 0) is 29.0 Å². The molecule has 36 heavy (non-hydrogen) atoms. The molecule has 3 heterocycles. The van der Waals surface area contributed by atoms with Gasteiger partial charge in [-0.2, -0.15) is 5.10 Å². The van der Waals surface area contributed by atoms with Gasteiger partial charge in [0.05, 0.1) is 17.4 Å². The van der Waals surface area contributed by atoms with Crippen molar-refractivity contribution < 1.29 is 19.1 Å². The van der Waals surface area contributed by atoms with Crippen LogP contribution in [0.4, 0.5) is 4.79 Å². The number of ether oxygens (including phenoxy) is 2. The third-order valence-corrected chi connectivity index (χ3v) is 6.82. The Labute approximate surface area is 211 Å². The van der Waals surface area contributed by atoms with Gasteiger partial charge in [-0.3, -0.25) is 4.79 Å². The predicted molar refractivity (Wildman–Crippen MR) is 135 cm³/mol. The average Bonchev–Trinajstić information content (AvgIpc) is 3.13. The zero-order chi connectivity index (χ0) is 25.2. The van der Waals surface area contributed by atoms with Crippen molar-refractivity contribution in [3.05, 3.63) is 76.6 Å². The van der Waals surface area contributed by atoms with Crippen LogP contribution in [0.5, 0.6) is 5.75 Å². The van der Waals surface area contributed by atoms with Crippen molar-refractivity contribution in [2.75, 3.05) is 19.6 Å². The molecule has 0 bridgehead atoms. The molecule has 8 nitrogen and oxygen atoms in total. The summed E-state index contributed by atoms with van der Waals surface area (Å²) in [4.78, 5) is 26.5. The van der Waals surface area contributed by atoms with Gasteiger partial charge in [0.2, 0.25) is 0 Å². The van der Waals surface area contributed by atoms with Gasteiger partial charge in [0.1, 0.15) is 12.3 Å². The minimum absolute atomic E-state index is 0.0311. The lowest BCUT2D eigenvalue weighted by atomic mass is 9.97. The highest BCUT2D eigenvalue weighted by Gasteiger charge is 2.35. The molecule has 1 aromatic heterocycles. The normalized spacial score (nSPS) is 16.9. The van der Waals surface area contributed by atoms with E-state index in [0.29, 0.717) is 31.2 Å². The molecule has 2 aliphatic rings. The summed E-state index contributed by atoms with van der Waals surface area (Å²) in [6.45, 7) is 7.70. The van der Waals surface area contributed by atoms with E-state index in [9.17, 15) is 9.59 Å². The quantitative estimate of drug-likeness (QED) is 0.426. The maximum absolute atomic E-state index is 12.9. The lowest BCUT2D eigenvalue weighted by Gasteiger charge is -2.29. The van der Waals surface area contributed by atoms with Gasteiger partial charge < -0.3 is 19.7 Å². The molecule has 8 heteroatoms. The fourth-order valence-electron chi connectivity index (χ4n) is 5.00. The van der Waals surface area contributed by atoms with Crippen molar-refractivity contribution in [3.8, 4) is 11.4 Å². The van der Waals surface area contributed by atoms with Crippen molar-refractivity contribution in [2.45, 2.75) is 52.2 Å². The van der Waals surface area contributed by atoms with Gasteiger partial charge in [-0.05, 0) is 29.2 Å². The van der Waals surface area contributed by atoms with E-state index >= 15 is 0 Å². The van der Waals surface area contributed by atoms with E-state index in [1.807, 2.05) is 47.1 Å². The average molecular weight is 489 g/mol. The van der Waals surface area contributed by atoms with Gasteiger partial charge in [-0.15, -0.1) is 0 Å². The highest BCUT2D eigenvalue weighted by atomic mass is 16.6. The van der Waals surface area contributed by atoms with Gasteiger partial charge in [-0.25, -0.2) is 9.48 Å². The van der Waals surface area contributed by atoms with Crippen LogP contribution in [0.2, 0.25) is 0 Å². The van der Waals surface area contributed by atoms with Gasteiger partial charge in [0, 0.05) is 45.0 Å². The lowest BCUT2D eigenvalue weighted by molar-refractivity contribution is -0.131. The fraction of sp³-hybridized carbons (Fsp3) is 0.393. The van der Waals surface area contributed by atoms with Gasteiger partial charge in [0.15, 0.2) is 5.75 Å². The Morgan fingerprint density at radius 2 is 1.94 bits per heavy atom. The van der Waals surface area contributed by atoms with E-state index in [1.165, 1.54) is 6.92 Å². The molecule has 0 spiro atoms. The number of aromatic nitrogens is 2. The van der Waals surface area contributed by atoms with Gasteiger partial charge in [-0.1, -0.05) is 50.2 Å². The Bertz CT molecular complexity index is 1270. The van der Waals surface area contributed by atoms with E-state index in [4.69, 9.17) is 14.6 Å². The second kappa shape index (κ2) is 10.1. The molecule has 0 radical (unpaired) electrons. The molecule has 0 aliphatic carbocycles. The van der Waals surface area contributed by atoms with Gasteiger partial charge >= 0.3 is 12.1 Å². The fourth-order valence-corrected chi connectivity index (χ4v) is 5.00. The Morgan fingerprint density at radius 1 is 1.14 bits per heavy atom. The third kappa shape index (κ3) is 4.86. The molecule has 1 unspecified atom stereocenters. The molecule has 0 saturated carbocycles. The van der Waals surface area contributed by atoms with Crippen LogP contribution in [0.3, 0.4) is 0 Å². The Balaban J connectivity index is 1.41. The minimum atomic E-state index is -0.358. The lowest BCUT2D eigenvalue weighted by Crippen LogP contribution is -2.41. The zero-order valence-electron chi connectivity index (χ0n) is 21.0. The first-order chi connectivity index (χ1) is 17.4. The van der Waals surface area contributed by atoms with Crippen LogP contribution in [0.15, 0.2) is 48.5 Å². The SMILES string of the molecule is CC(=O)Oc1cc(C(C)C)ccc1-n1nc2c3c1CCNC3CN(C(=O)OCc1ccccc1)CC2. The standard InChI is InChI=1S/C28H32N4O4/c1-18(2)21-9-10-24(26(15-21)36-19(3)33)32-25-11-13-29-23-16-31(14-12-22(30-32)27(23)25)28(34)35-17-20-7-5-4-6-8-20/h4-10,15,18,23,29H,11-14,16-17H2,1-3H3. The summed E-state index contributed by atoms with van der Waals surface area (Å²) in [6.07, 6.45) is 1.11.